The van der Waals surface area contributed by atoms with Crippen molar-refractivity contribution in [1.29, 1.82) is 0 Å². The molecule has 2 amide bonds. The van der Waals surface area contributed by atoms with Crippen LogP contribution in [0.25, 0.3) is 10.8 Å². The zero-order valence-electron chi connectivity index (χ0n) is 19.9. The number of halogens is 3. The molecule has 0 unspecified atom stereocenters. The molecule has 0 saturated heterocycles. The zero-order chi connectivity index (χ0) is 26.7. The maximum absolute atomic E-state index is 12.9. The van der Waals surface area contributed by atoms with Gasteiger partial charge in [-0.2, -0.15) is 0 Å². The number of carbonyl (C=O) groups excluding carboxylic acids is 2. The quantitative estimate of drug-likeness (QED) is 0.129. The number of benzene rings is 3. The molecule has 196 valence electrons. The molecule has 0 fully saturated rings. The molecule has 3 aromatic rings. The first-order valence-electron chi connectivity index (χ1n) is 11.6. The standard InChI is InChI=1S/C27H27F3N2O5/c28-27(29,30)37-22-15-13-19(14-16-22)17-31-26(34)21(8-2-1-3-12-25(33)32-35)18-36-24-11-6-9-20-7-4-5-10-23(20)24/h4-11,13-16,35H,1-3,12,17-18H2,(H,31,34)(H,32,33). The first-order valence-corrected chi connectivity index (χ1v) is 11.6. The number of alkyl halides is 3. The Hall–Kier alpha value is -4.05. The Labute approximate surface area is 211 Å². The van der Waals surface area contributed by atoms with E-state index >= 15 is 0 Å². The lowest BCUT2D eigenvalue weighted by molar-refractivity contribution is -0.274. The Morgan fingerprint density at radius 3 is 2.41 bits per heavy atom. The molecule has 0 aliphatic heterocycles. The Morgan fingerprint density at radius 2 is 1.68 bits per heavy atom. The van der Waals surface area contributed by atoms with E-state index in [0.29, 0.717) is 36.1 Å². The third-order valence-electron chi connectivity index (χ3n) is 5.41. The van der Waals surface area contributed by atoms with Gasteiger partial charge in [0.25, 0.3) is 5.91 Å². The molecule has 0 aliphatic carbocycles. The second-order valence-corrected chi connectivity index (χ2v) is 8.15. The molecule has 10 heteroatoms. The van der Waals surface area contributed by atoms with E-state index in [1.807, 2.05) is 42.5 Å². The smallest absolute Gasteiger partial charge is 0.488 e. The zero-order valence-corrected chi connectivity index (χ0v) is 19.9. The number of hydroxylamine groups is 1. The summed E-state index contributed by atoms with van der Waals surface area (Å²) in [6.45, 7) is 0.0860. The van der Waals surface area contributed by atoms with Gasteiger partial charge in [-0.05, 0) is 48.4 Å². The van der Waals surface area contributed by atoms with Gasteiger partial charge < -0.3 is 14.8 Å². The predicted octanol–water partition coefficient (Wildman–Crippen LogP) is 5.43. The highest BCUT2D eigenvalue weighted by Gasteiger charge is 2.30. The fourth-order valence-corrected chi connectivity index (χ4v) is 3.56. The summed E-state index contributed by atoms with van der Waals surface area (Å²) in [5.74, 6) is -0.588. The number of ether oxygens (including phenoxy) is 2. The fourth-order valence-electron chi connectivity index (χ4n) is 3.56. The highest BCUT2D eigenvalue weighted by atomic mass is 19.4. The van der Waals surface area contributed by atoms with Crippen LogP contribution in [0.2, 0.25) is 0 Å². The minimum atomic E-state index is -4.78. The Morgan fingerprint density at radius 1 is 0.946 bits per heavy atom. The van der Waals surface area contributed by atoms with E-state index < -0.39 is 12.3 Å². The van der Waals surface area contributed by atoms with Gasteiger partial charge in [-0.25, -0.2) is 5.48 Å². The third kappa shape index (κ3) is 9.16. The Balaban J connectivity index is 1.64. The van der Waals surface area contributed by atoms with Crippen molar-refractivity contribution in [2.45, 2.75) is 38.6 Å². The molecule has 0 radical (unpaired) electrons. The topological polar surface area (TPSA) is 96.9 Å². The number of rotatable bonds is 12. The van der Waals surface area contributed by atoms with Crippen molar-refractivity contribution in [2.24, 2.45) is 0 Å². The van der Waals surface area contributed by atoms with E-state index in [-0.39, 0.29) is 31.2 Å². The predicted molar refractivity (Wildman–Crippen MR) is 131 cm³/mol. The molecule has 3 N–H and O–H groups in total. The second-order valence-electron chi connectivity index (χ2n) is 8.15. The molecule has 0 spiro atoms. The molecule has 0 aromatic heterocycles. The number of fused-ring (bicyclic) bond motifs is 1. The van der Waals surface area contributed by atoms with Gasteiger partial charge >= 0.3 is 6.36 Å². The van der Waals surface area contributed by atoms with Crippen molar-refractivity contribution in [1.82, 2.24) is 10.8 Å². The van der Waals surface area contributed by atoms with Crippen LogP contribution in [-0.4, -0.2) is 30.0 Å². The van der Waals surface area contributed by atoms with E-state index in [9.17, 15) is 22.8 Å². The number of amides is 2. The minimum absolute atomic E-state index is 0.00464. The van der Waals surface area contributed by atoms with Gasteiger partial charge in [-0.3, -0.25) is 14.8 Å². The summed E-state index contributed by atoms with van der Waals surface area (Å²) in [6.07, 6.45) is -1.25. The number of carbonyl (C=O) groups is 2. The van der Waals surface area contributed by atoms with Crippen molar-refractivity contribution in [3.05, 3.63) is 83.9 Å². The van der Waals surface area contributed by atoms with E-state index in [1.165, 1.54) is 24.3 Å². The van der Waals surface area contributed by atoms with Gasteiger partial charge in [-0.15, -0.1) is 13.2 Å². The highest BCUT2D eigenvalue weighted by molar-refractivity contribution is 5.94. The highest BCUT2D eigenvalue weighted by Crippen LogP contribution is 2.26. The first kappa shape index (κ1) is 27.5. The summed E-state index contributed by atoms with van der Waals surface area (Å²) >= 11 is 0. The average molecular weight is 517 g/mol. The molecule has 37 heavy (non-hydrogen) atoms. The summed E-state index contributed by atoms with van der Waals surface area (Å²) in [5.41, 5.74) is 2.54. The lowest BCUT2D eigenvalue weighted by atomic mass is 10.1. The normalized spacial score (nSPS) is 11.7. The third-order valence-corrected chi connectivity index (χ3v) is 5.41. The van der Waals surface area contributed by atoms with Crippen LogP contribution in [0.1, 0.15) is 31.2 Å². The van der Waals surface area contributed by atoms with Crippen LogP contribution in [-0.2, 0) is 16.1 Å². The van der Waals surface area contributed by atoms with E-state index in [2.05, 4.69) is 10.1 Å². The largest absolute Gasteiger partial charge is 0.573 e. The molecule has 3 aromatic carbocycles. The van der Waals surface area contributed by atoms with Crippen LogP contribution in [0.5, 0.6) is 11.5 Å². The lowest BCUT2D eigenvalue weighted by Crippen LogP contribution is -2.27. The van der Waals surface area contributed by atoms with E-state index in [0.717, 1.165) is 10.8 Å². The van der Waals surface area contributed by atoms with Gasteiger partial charge in [0.1, 0.15) is 18.1 Å². The summed E-state index contributed by atoms with van der Waals surface area (Å²) < 4.78 is 46.9. The molecule has 0 saturated carbocycles. The summed E-state index contributed by atoms with van der Waals surface area (Å²) in [5, 5.41) is 13.2. The van der Waals surface area contributed by atoms with Crippen molar-refractivity contribution in [2.75, 3.05) is 6.61 Å². The number of hydrogen-bond donors (Lipinski definition) is 3. The average Bonchev–Trinajstić information content (AvgIpc) is 2.88. The fraction of sp³-hybridized carbons (Fsp3) is 0.259. The minimum Gasteiger partial charge on any atom is -0.488 e. The van der Waals surface area contributed by atoms with Crippen molar-refractivity contribution < 1.29 is 37.4 Å². The molecular formula is C27H27F3N2O5. The maximum atomic E-state index is 12.9. The molecule has 7 nitrogen and oxygen atoms in total. The number of hydrogen-bond acceptors (Lipinski definition) is 5. The van der Waals surface area contributed by atoms with Gasteiger partial charge in [-0.1, -0.05) is 54.6 Å². The van der Waals surface area contributed by atoms with E-state index in [4.69, 9.17) is 9.94 Å². The van der Waals surface area contributed by atoms with Gasteiger partial charge in [0, 0.05) is 18.4 Å². The molecule has 0 heterocycles. The first-order chi connectivity index (χ1) is 17.7. The van der Waals surface area contributed by atoms with Gasteiger partial charge in [0.2, 0.25) is 5.91 Å². The lowest BCUT2D eigenvalue weighted by Gasteiger charge is -2.13. The SMILES string of the molecule is O=C(CCCCC=C(COc1cccc2ccccc12)C(=O)NCc1ccc(OC(F)(F)F)cc1)NO. The Bertz CT molecular complexity index is 1220. The molecule has 3 rings (SSSR count). The second kappa shape index (κ2) is 13.3. The van der Waals surface area contributed by atoms with Crippen molar-refractivity contribution in [3.8, 4) is 11.5 Å². The molecule has 0 atom stereocenters. The van der Waals surface area contributed by atoms with Crippen LogP contribution >= 0.6 is 0 Å². The van der Waals surface area contributed by atoms with Gasteiger partial charge in [0.05, 0.1) is 5.57 Å². The van der Waals surface area contributed by atoms with Crippen LogP contribution in [0.15, 0.2) is 78.4 Å². The van der Waals surface area contributed by atoms with Crippen LogP contribution in [0.4, 0.5) is 13.2 Å². The van der Waals surface area contributed by atoms with Crippen LogP contribution in [0, 0.1) is 0 Å². The van der Waals surface area contributed by atoms with Crippen molar-refractivity contribution >= 4 is 22.6 Å². The molecular weight excluding hydrogens is 489 g/mol. The summed E-state index contributed by atoms with van der Waals surface area (Å²) in [6, 6.07) is 18.6. The maximum Gasteiger partial charge on any atom is 0.573 e. The van der Waals surface area contributed by atoms with E-state index in [1.54, 1.807) is 11.6 Å². The number of unbranched alkanes of at least 4 members (excludes halogenated alkanes) is 2. The Kier molecular flexibility index (Phi) is 9.91. The number of allylic oxidation sites excluding steroid dienone is 1. The van der Waals surface area contributed by atoms with Crippen LogP contribution < -0.4 is 20.3 Å². The summed E-state index contributed by atoms with van der Waals surface area (Å²) in [4.78, 5) is 24.1. The molecule has 0 aliphatic rings. The summed E-state index contributed by atoms with van der Waals surface area (Å²) in [7, 11) is 0. The van der Waals surface area contributed by atoms with Gasteiger partial charge in [0.15, 0.2) is 0 Å². The molecule has 0 bridgehead atoms. The monoisotopic (exact) mass is 516 g/mol. The number of nitrogens with one attached hydrogen (secondary N) is 2. The van der Waals surface area contributed by atoms with Crippen LogP contribution in [0.3, 0.4) is 0 Å². The van der Waals surface area contributed by atoms with Crippen molar-refractivity contribution in [3.63, 3.8) is 0 Å².